The number of nitrogens with two attached hydrogens (primary N) is 1. The molecule has 0 fully saturated rings. The van der Waals surface area contributed by atoms with Crippen molar-refractivity contribution in [1.82, 2.24) is 4.90 Å². The summed E-state index contributed by atoms with van der Waals surface area (Å²) in [7, 11) is 0. The Hall–Kier alpha value is -1.25. The number of aliphatic imine (C=N–C) groups is 1. The molecule has 0 aromatic heterocycles. The highest BCUT2D eigenvalue weighted by atomic mass is 15.3. The Balaban J connectivity index is 3.01. The molecule has 0 aromatic carbocycles. The van der Waals surface area contributed by atoms with Gasteiger partial charge in [0.15, 0.2) is 0 Å². The van der Waals surface area contributed by atoms with E-state index >= 15 is 0 Å². The Morgan fingerprint density at radius 1 is 1.46 bits per heavy atom. The lowest BCUT2D eigenvalue weighted by Crippen LogP contribution is -2.39. The third-order valence-electron chi connectivity index (χ3n) is 1.98. The van der Waals surface area contributed by atoms with E-state index in [1.807, 2.05) is 18.0 Å². The van der Waals surface area contributed by atoms with Gasteiger partial charge in [0.1, 0.15) is 11.7 Å². The van der Waals surface area contributed by atoms with Crippen molar-refractivity contribution in [3.8, 4) is 0 Å². The molecule has 2 N–H and O–H groups in total. The molecule has 72 valence electrons. The summed E-state index contributed by atoms with van der Waals surface area (Å²) in [5.41, 5.74) is 6.66. The first-order valence-corrected chi connectivity index (χ1v) is 4.33. The third-order valence-corrected chi connectivity index (χ3v) is 1.98. The third kappa shape index (κ3) is 1.91. The van der Waals surface area contributed by atoms with Crippen molar-refractivity contribution in [2.24, 2.45) is 10.7 Å². The van der Waals surface area contributed by atoms with Crippen molar-refractivity contribution in [1.29, 1.82) is 0 Å². The van der Waals surface area contributed by atoms with Gasteiger partial charge in [-0.25, -0.2) is 4.99 Å². The molecule has 0 unspecified atom stereocenters. The zero-order chi connectivity index (χ0) is 10.2. The Kier molecular flexibility index (Phi) is 2.20. The lowest BCUT2D eigenvalue weighted by atomic mass is 10.1. The van der Waals surface area contributed by atoms with Crippen LogP contribution in [0.25, 0.3) is 0 Å². The van der Waals surface area contributed by atoms with Crippen molar-refractivity contribution in [3.05, 3.63) is 24.2 Å². The fourth-order valence-electron chi connectivity index (χ4n) is 1.20. The Labute approximate surface area is 79.6 Å². The molecule has 0 saturated carbocycles. The van der Waals surface area contributed by atoms with Crippen LogP contribution in [0.2, 0.25) is 0 Å². The quantitative estimate of drug-likeness (QED) is 0.616. The van der Waals surface area contributed by atoms with E-state index in [2.05, 4.69) is 32.3 Å². The van der Waals surface area contributed by atoms with Crippen molar-refractivity contribution in [2.45, 2.75) is 33.2 Å². The Bertz CT molecular complexity index is 292. The summed E-state index contributed by atoms with van der Waals surface area (Å²) in [6, 6.07) is 0. The maximum Gasteiger partial charge on any atom is 0.130 e. The van der Waals surface area contributed by atoms with Gasteiger partial charge in [-0.2, -0.15) is 0 Å². The predicted molar refractivity (Wildman–Crippen MR) is 56.1 cm³/mol. The minimum Gasteiger partial charge on any atom is -0.383 e. The number of hydrogen-bond donors (Lipinski definition) is 1. The van der Waals surface area contributed by atoms with Gasteiger partial charge in [-0.3, -0.25) is 0 Å². The SMILES string of the molecule is C=C1N=C(N)C(C)=CN1C(C)(C)C. The highest BCUT2D eigenvalue weighted by Gasteiger charge is 2.23. The molecule has 0 spiro atoms. The number of rotatable bonds is 0. The average molecular weight is 179 g/mol. The molecule has 0 aromatic rings. The Morgan fingerprint density at radius 3 is 2.46 bits per heavy atom. The van der Waals surface area contributed by atoms with Crippen molar-refractivity contribution in [3.63, 3.8) is 0 Å². The van der Waals surface area contributed by atoms with Gasteiger partial charge < -0.3 is 10.6 Å². The molecule has 0 amide bonds. The lowest BCUT2D eigenvalue weighted by molar-refractivity contribution is 0.254. The van der Waals surface area contributed by atoms with Gasteiger partial charge in [0, 0.05) is 17.3 Å². The second kappa shape index (κ2) is 2.91. The van der Waals surface area contributed by atoms with Crippen molar-refractivity contribution < 1.29 is 0 Å². The summed E-state index contributed by atoms with van der Waals surface area (Å²) < 4.78 is 0. The number of hydrogen-bond acceptors (Lipinski definition) is 3. The van der Waals surface area contributed by atoms with Gasteiger partial charge in [0.05, 0.1) is 0 Å². The predicted octanol–water partition coefficient (Wildman–Crippen LogP) is 1.83. The van der Waals surface area contributed by atoms with Gasteiger partial charge in [-0.1, -0.05) is 6.58 Å². The van der Waals surface area contributed by atoms with Gasteiger partial charge >= 0.3 is 0 Å². The van der Waals surface area contributed by atoms with Crippen LogP contribution in [0.5, 0.6) is 0 Å². The molecule has 0 aliphatic carbocycles. The lowest BCUT2D eigenvalue weighted by Gasteiger charge is -2.36. The molecule has 3 nitrogen and oxygen atoms in total. The number of amidine groups is 1. The largest absolute Gasteiger partial charge is 0.383 e. The van der Waals surface area contributed by atoms with Gasteiger partial charge in [-0.05, 0) is 27.7 Å². The normalized spacial score (nSPS) is 18.5. The Morgan fingerprint density at radius 2 is 2.00 bits per heavy atom. The molecule has 0 bridgehead atoms. The molecule has 1 aliphatic heterocycles. The van der Waals surface area contributed by atoms with E-state index in [0.29, 0.717) is 11.7 Å². The first kappa shape index (κ1) is 9.84. The number of nitrogens with zero attached hydrogens (tertiary/aromatic N) is 2. The first-order valence-electron chi connectivity index (χ1n) is 4.33. The van der Waals surface area contributed by atoms with Crippen LogP contribution >= 0.6 is 0 Å². The zero-order valence-corrected chi connectivity index (χ0v) is 8.76. The molecule has 3 heteroatoms. The second-order valence-electron chi connectivity index (χ2n) is 4.27. The molecule has 0 saturated heterocycles. The van der Waals surface area contributed by atoms with Crippen LogP contribution in [-0.4, -0.2) is 16.3 Å². The van der Waals surface area contributed by atoms with Crippen molar-refractivity contribution >= 4 is 5.84 Å². The summed E-state index contributed by atoms with van der Waals surface area (Å²) in [4.78, 5) is 6.20. The summed E-state index contributed by atoms with van der Waals surface area (Å²) >= 11 is 0. The molecule has 0 radical (unpaired) electrons. The van der Waals surface area contributed by atoms with Gasteiger partial charge in [-0.15, -0.1) is 0 Å². The fourth-order valence-corrected chi connectivity index (χ4v) is 1.20. The molecule has 0 atom stereocenters. The molecule has 1 rings (SSSR count). The standard InChI is InChI=1S/C10H17N3/c1-7-6-13(10(3,4)5)8(2)12-9(7)11/h6H,2H2,1,3-5H3,(H2,11,12). The zero-order valence-electron chi connectivity index (χ0n) is 8.76. The van der Waals surface area contributed by atoms with Crippen LogP contribution in [-0.2, 0) is 0 Å². The summed E-state index contributed by atoms with van der Waals surface area (Å²) in [6.45, 7) is 12.1. The topological polar surface area (TPSA) is 41.6 Å². The summed E-state index contributed by atoms with van der Waals surface area (Å²) in [5.74, 6) is 1.26. The van der Waals surface area contributed by atoms with E-state index < -0.39 is 0 Å². The second-order valence-corrected chi connectivity index (χ2v) is 4.27. The van der Waals surface area contributed by atoms with Crippen LogP contribution < -0.4 is 5.73 Å². The smallest absolute Gasteiger partial charge is 0.130 e. The van der Waals surface area contributed by atoms with E-state index in [9.17, 15) is 0 Å². The van der Waals surface area contributed by atoms with Crippen molar-refractivity contribution in [2.75, 3.05) is 0 Å². The van der Waals surface area contributed by atoms with Crippen LogP contribution in [0.3, 0.4) is 0 Å². The van der Waals surface area contributed by atoms with E-state index in [1.165, 1.54) is 0 Å². The van der Waals surface area contributed by atoms with E-state index in [-0.39, 0.29) is 5.54 Å². The molecule has 13 heavy (non-hydrogen) atoms. The molecular weight excluding hydrogens is 162 g/mol. The van der Waals surface area contributed by atoms with Crippen LogP contribution in [0.15, 0.2) is 29.2 Å². The van der Waals surface area contributed by atoms with Gasteiger partial charge in [0.2, 0.25) is 0 Å². The van der Waals surface area contributed by atoms with Crippen LogP contribution in [0.4, 0.5) is 0 Å². The minimum absolute atomic E-state index is 0.00252. The first-order chi connectivity index (χ1) is 5.82. The summed E-state index contributed by atoms with van der Waals surface area (Å²) in [6.07, 6.45) is 1.99. The molecule has 1 heterocycles. The van der Waals surface area contributed by atoms with Gasteiger partial charge in [0.25, 0.3) is 0 Å². The van der Waals surface area contributed by atoms with E-state index in [1.54, 1.807) is 0 Å². The van der Waals surface area contributed by atoms with E-state index in [0.717, 1.165) is 5.57 Å². The fraction of sp³-hybridized carbons (Fsp3) is 0.500. The maximum absolute atomic E-state index is 5.67. The monoisotopic (exact) mass is 179 g/mol. The molecular formula is C10H17N3. The highest BCUT2D eigenvalue weighted by molar-refractivity contribution is 5.97. The molecule has 1 aliphatic rings. The van der Waals surface area contributed by atoms with Crippen LogP contribution in [0, 0.1) is 0 Å². The average Bonchev–Trinajstić information content (AvgIpc) is 1.94. The minimum atomic E-state index is 0.00252. The maximum atomic E-state index is 5.67. The highest BCUT2D eigenvalue weighted by Crippen LogP contribution is 2.24. The van der Waals surface area contributed by atoms with E-state index in [4.69, 9.17) is 5.73 Å². The summed E-state index contributed by atoms with van der Waals surface area (Å²) in [5, 5.41) is 0. The van der Waals surface area contributed by atoms with Crippen LogP contribution in [0.1, 0.15) is 27.7 Å².